The van der Waals surface area contributed by atoms with Crippen LogP contribution in [0.1, 0.15) is 50.2 Å². The van der Waals surface area contributed by atoms with Crippen molar-refractivity contribution in [2.75, 3.05) is 0 Å². The Labute approximate surface area is 125 Å². The standard InChI is InChI=1S/C16H14N2O4/c1-4-18-10(20)6-8(3)12-14(18)16(22)13-11(15(12)21)7(2)5-9(19)17-13/h5-6H,4H2,1-3H3,(H,17,19). The summed E-state index contributed by atoms with van der Waals surface area (Å²) in [6.07, 6.45) is 0. The Morgan fingerprint density at radius 2 is 1.59 bits per heavy atom. The maximum absolute atomic E-state index is 12.8. The first-order valence-corrected chi connectivity index (χ1v) is 6.94. The molecule has 0 spiro atoms. The number of aromatic nitrogens is 2. The molecule has 6 nitrogen and oxygen atoms in total. The lowest BCUT2D eigenvalue weighted by atomic mass is 9.85. The van der Waals surface area contributed by atoms with Crippen LogP contribution in [-0.2, 0) is 6.54 Å². The Morgan fingerprint density at radius 3 is 2.23 bits per heavy atom. The van der Waals surface area contributed by atoms with E-state index < -0.39 is 11.3 Å². The van der Waals surface area contributed by atoms with Gasteiger partial charge in [-0.3, -0.25) is 19.2 Å². The predicted octanol–water partition coefficient (Wildman–Crippen LogP) is 0.949. The van der Waals surface area contributed by atoms with Gasteiger partial charge in [-0.2, -0.15) is 0 Å². The van der Waals surface area contributed by atoms with E-state index in [9.17, 15) is 19.2 Å². The van der Waals surface area contributed by atoms with Crippen molar-refractivity contribution in [3.05, 3.63) is 66.5 Å². The number of carbonyl (C=O) groups excluding carboxylic acids is 2. The van der Waals surface area contributed by atoms with E-state index in [-0.39, 0.29) is 40.4 Å². The fourth-order valence-corrected chi connectivity index (χ4v) is 3.00. The number of carbonyl (C=O) groups is 2. The molecule has 2 aromatic heterocycles. The van der Waals surface area contributed by atoms with Gasteiger partial charge in [-0.05, 0) is 31.9 Å². The van der Waals surface area contributed by atoms with Gasteiger partial charge in [0.2, 0.25) is 11.3 Å². The summed E-state index contributed by atoms with van der Waals surface area (Å²) in [6, 6.07) is 2.65. The minimum Gasteiger partial charge on any atom is -0.318 e. The molecule has 22 heavy (non-hydrogen) atoms. The Hall–Kier alpha value is -2.76. The van der Waals surface area contributed by atoms with Gasteiger partial charge in [-0.25, -0.2) is 0 Å². The average Bonchev–Trinajstić information content (AvgIpc) is 2.43. The highest BCUT2D eigenvalue weighted by molar-refractivity contribution is 6.27. The molecule has 112 valence electrons. The van der Waals surface area contributed by atoms with Gasteiger partial charge in [0.15, 0.2) is 5.78 Å². The maximum Gasteiger partial charge on any atom is 0.251 e. The summed E-state index contributed by atoms with van der Waals surface area (Å²) in [5.74, 6) is -0.828. The summed E-state index contributed by atoms with van der Waals surface area (Å²) >= 11 is 0. The van der Waals surface area contributed by atoms with Crippen LogP contribution in [-0.4, -0.2) is 21.1 Å². The topological polar surface area (TPSA) is 89.0 Å². The van der Waals surface area contributed by atoms with Crippen molar-refractivity contribution in [1.82, 2.24) is 9.55 Å². The minimum absolute atomic E-state index is 0.0327. The molecule has 1 aliphatic rings. The number of fused-ring (bicyclic) bond motifs is 2. The Kier molecular flexibility index (Phi) is 2.98. The van der Waals surface area contributed by atoms with E-state index in [1.54, 1.807) is 20.8 Å². The minimum atomic E-state index is -0.493. The summed E-state index contributed by atoms with van der Waals surface area (Å²) in [4.78, 5) is 51.7. The van der Waals surface area contributed by atoms with E-state index >= 15 is 0 Å². The van der Waals surface area contributed by atoms with Crippen LogP contribution < -0.4 is 11.1 Å². The highest BCUT2D eigenvalue weighted by Crippen LogP contribution is 2.28. The lowest BCUT2D eigenvalue weighted by molar-refractivity contribution is 0.0965. The van der Waals surface area contributed by atoms with Crippen molar-refractivity contribution >= 4 is 11.6 Å². The van der Waals surface area contributed by atoms with Crippen molar-refractivity contribution in [2.45, 2.75) is 27.3 Å². The second-order valence-electron chi connectivity index (χ2n) is 5.36. The van der Waals surface area contributed by atoms with Crippen LogP contribution in [0.15, 0.2) is 21.7 Å². The van der Waals surface area contributed by atoms with E-state index in [0.717, 1.165) is 0 Å². The van der Waals surface area contributed by atoms with Gasteiger partial charge < -0.3 is 9.55 Å². The third-order valence-corrected chi connectivity index (χ3v) is 3.96. The van der Waals surface area contributed by atoms with Gasteiger partial charge in [0.05, 0.1) is 11.1 Å². The SMILES string of the molecule is CCn1c2c(c(C)cc1=O)C(=O)c1c(C)cc(=O)[nH]c1C2=O. The van der Waals surface area contributed by atoms with E-state index in [4.69, 9.17) is 0 Å². The van der Waals surface area contributed by atoms with E-state index in [1.165, 1.54) is 16.7 Å². The molecule has 0 unspecified atom stereocenters. The number of nitrogens with one attached hydrogen (secondary N) is 1. The highest BCUT2D eigenvalue weighted by Gasteiger charge is 2.35. The first-order valence-electron chi connectivity index (χ1n) is 6.94. The Balaban J connectivity index is 2.49. The summed E-state index contributed by atoms with van der Waals surface area (Å²) in [7, 11) is 0. The maximum atomic E-state index is 12.8. The molecule has 0 amide bonds. The molecule has 6 heteroatoms. The molecule has 1 N–H and O–H groups in total. The molecule has 3 rings (SSSR count). The molecule has 0 aromatic carbocycles. The van der Waals surface area contributed by atoms with Crippen LogP contribution in [0.3, 0.4) is 0 Å². The van der Waals surface area contributed by atoms with Gasteiger partial charge in [0.1, 0.15) is 11.4 Å². The zero-order valence-corrected chi connectivity index (χ0v) is 12.4. The predicted molar refractivity (Wildman–Crippen MR) is 79.8 cm³/mol. The largest absolute Gasteiger partial charge is 0.318 e. The van der Waals surface area contributed by atoms with Crippen molar-refractivity contribution in [3.8, 4) is 0 Å². The number of nitrogens with zero attached hydrogens (tertiary/aromatic N) is 1. The second-order valence-corrected chi connectivity index (χ2v) is 5.36. The molecule has 2 aromatic rings. The third-order valence-electron chi connectivity index (χ3n) is 3.96. The monoisotopic (exact) mass is 298 g/mol. The van der Waals surface area contributed by atoms with Crippen molar-refractivity contribution in [1.29, 1.82) is 0 Å². The molecule has 0 saturated heterocycles. The summed E-state index contributed by atoms with van der Waals surface area (Å²) in [5, 5.41) is 0. The van der Waals surface area contributed by atoms with E-state index in [0.29, 0.717) is 11.1 Å². The third kappa shape index (κ3) is 1.73. The molecule has 1 aliphatic carbocycles. The quantitative estimate of drug-likeness (QED) is 0.724. The second kappa shape index (κ2) is 4.62. The number of H-pyrrole nitrogens is 1. The number of hydrogen-bond acceptors (Lipinski definition) is 4. The van der Waals surface area contributed by atoms with E-state index in [2.05, 4.69) is 4.98 Å². The van der Waals surface area contributed by atoms with Crippen LogP contribution >= 0.6 is 0 Å². The van der Waals surface area contributed by atoms with Crippen LogP contribution in [0.2, 0.25) is 0 Å². The number of rotatable bonds is 1. The van der Waals surface area contributed by atoms with Gasteiger partial charge in [0, 0.05) is 18.7 Å². The fourth-order valence-electron chi connectivity index (χ4n) is 3.00. The summed E-state index contributed by atoms with van der Waals surface area (Å²) in [5.41, 5.74) is 0.629. The smallest absolute Gasteiger partial charge is 0.251 e. The molecule has 0 bridgehead atoms. The zero-order valence-electron chi connectivity index (χ0n) is 12.4. The van der Waals surface area contributed by atoms with Gasteiger partial charge in [0.25, 0.3) is 5.56 Å². The van der Waals surface area contributed by atoms with Gasteiger partial charge >= 0.3 is 0 Å². The summed E-state index contributed by atoms with van der Waals surface area (Å²) in [6.45, 7) is 5.25. The molecule has 0 radical (unpaired) electrons. The average molecular weight is 298 g/mol. The number of hydrogen-bond donors (Lipinski definition) is 1. The molecule has 2 heterocycles. The van der Waals surface area contributed by atoms with Crippen LogP contribution in [0.25, 0.3) is 0 Å². The molecular weight excluding hydrogens is 284 g/mol. The van der Waals surface area contributed by atoms with Crippen molar-refractivity contribution in [3.63, 3.8) is 0 Å². The summed E-state index contributed by atoms with van der Waals surface area (Å²) < 4.78 is 1.27. The lowest BCUT2D eigenvalue weighted by Crippen LogP contribution is -2.35. The van der Waals surface area contributed by atoms with Crippen LogP contribution in [0.5, 0.6) is 0 Å². The number of pyridine rings is 2. The van der Waals surface area contributed by atoms with Crippen LogP contribution in [0.4, 0.5) is 0 Å². The molecule has 0 fully saturated rings. The number of aromatic amines is 1. The lowest BCUT2D eigenvalue weighted by Gasteiger charge is -2.22. The number of ketones is 2. The van der Waals surface area contributed by atoms with Crippen molar-refractivity contribution < 1.29 is 9.59 Å². The molecule has 0 saturated carbocycles. The highest BCUT2D eigenvalue weighted by atomic mass is 16.2. The van der Waals surface area contributed by atoms with E-state index in [1.807, 2.05) is 0 Å². The van der Waals surface area contributed by atoms with Gasteiger partial charge in [-0.15, -0.1) is 0 Å². The molecule has 0 aliphatic heterocycles. The van der Waals surface area contributed by atoms with Crippen LogP contribution in [0, 0.1) is 13.8 Å². The normalized spacial score (nSPS) is 13.0. The first-order chi connectivity index (χ1) is 10.4. The fraction of sp³-hybridized carbons (Fsp3) is 0.250. The van der Waals surface area contributed by atoms with Crippen molar-refractivity contribution in [2.24, 2.45) is 0 Å². The Morgan fingerprint density at radius 1 is 0.955 bits per heavy atom. The number of aryl methyl sites for hydroxylation is 2. The Bertz CT molecular complexity index is 963. The molecular formula is C16H14N2O4. The first kappa shape index (κ1) is 14.2. The zero-order chi connectivity index (χ0) is 16.2. The van der Waals surface area contributed by atoms with Gasteiger partial charge in [-0.1, -0.05) is 0 Å². The molecule has 0 atom stereocenters.